The average molecular weight is 586 g/mol. The van der Waals surface area contributed by atoms with Crippen LogP contribution in [0.5, 0.6) is 5.75 Å². The van der Waals surface area contributed by atoms with E-state index < -0.39 is 11.7 Å². The fourth-order valence-corrected chi connectivity index (χ4v) is 4.13. The van der Waals surface area contributed by atoms with Crippen LogP contribution in [-0.4, -0.2) is 28.4 Å². The third-order valence-electron chi connectivity index (χ3n) is 5.63. The summed E-state index contributed by atoms with van der Waals surface area (Å²) in [6.07, 6.45) is 2.31. The van der Waals surface area contributed by atoms with Gasteiger partial charge in [0.05, 0.1) is 22.1 Å². The minimum Gasteiger partial charge on any atom is -0.482 e. The van der Waals surface area contributed by atoms with E-state index >= 15 is 0 Å². The Bertz CT molecular complexity index is 1560. The van der Waals surface area contributed by atoms with Crippen molar-refractivity contribution >= 4 is 56.2 Å². The van der Waals surface area contributed by atoms with Crippen LogP contribution in [0, 0.1) is 5.82 Å². The molecule has 1 N–H and O–H groups in total. The Kier molecular flexibility index (Phi) is 8.35. The van der Waals surface area contributed by atoms with Crippen molar-refractivity contribution in [2.45, 2.75) is 26.2 Å². The summed E-state index contributed by atoms with van der Waals surface area (Å²) in [5.41, 5.74) is 1.29. The summed E-state index contributed by atoms with van der Waals surface area (Å²) in [6.45, 7) is 3.70. The molecule has 0 fully saturated rings. The normalized spacial score (nSPS) is 12.1. The quantitative estimate of drug-likeness (QED) is 0.244. The molecule has 0 spiro atoms. The Morgan fingerprint density at radius 1 is 1.24 bits per heavy atom. The van der Waals surface area contributed by atoms with Gasteiger partial charge in [0.15, 0.2) is 6.61 Å². The number of anilines is 1. The molecule has 7 nitrogen and oxygen atoms in total. The second-order valence-electron chi connectivity index (χ2n) is 8.34. The van der Waals surface area contributed by atoms with Crippen LogP contribution in [0.1, 0.15) is 37.6 Å². The lowest BCUT2D eigenvalue weighted by molar-refractivity contribution is -0.118. The Labute approximate surface area is 226 Å². The SMILES string of the molecule is CC[C@H](C)c1nc2ccc(Br)cc2c(=O)n1N=Cc1ccc(OCC(=O)Nc2cccc(F)c2)c(Cl)c1. The molecular formula is C27H23BrClFN4O3. The number of fused-ring (bicyclic) bond motifs is 1. The number of carbonyl (C=O) groups excluding carboxylic acids is 1. The van der Waals surface area contributed by atoms with Gasteiger partial charge in [-0.2, -0.15) is 9.78 Å². The number of hydrogen-bond donors (Lipinski definition) is 1. The van der Waals surface area contributed by atoms with E-state index in [0.717, 1.165) is 10.9 Å². The van der Waals surface area contributed by atoms with E-state index in [4.69, 9.17) is 21.3 Å². The van der Waals surface area contributed by atoms with Crippen molar-refractivity contribution < 1.29 is 13.9 Å². The van der Waals surface area contributed by atoms with E-state index in [1.165, 1.54) is 29.1 Å². The maximum absolute atomic E-state index is 13.3. The third-order valence-corrected chi connectivity index (χ3v) is 6.42. The van der Waals surface area contributed by atoms with Crippen LogP contribution in [0.4, 0.5) is 10.1 Å². The van der Waals surface area contributed by atoms with Gasteiger partial charge >= 0.3 is 0 Å². The number of ether oxygens (including phenoxy) is 1. The van der Waals surface area contributed by atoms with Crippen molar-refractivity contribution in [3.05, 3.63) is 97.7 Å². The lowest BCUT2D eigenvalue weighted by Crippen LogP contribution is -2.23. The molecule has 0 bridgehead atoms. The van der Waals surface area contributed by atoms with Gasteiger partial charge in [0, 0.05) is 16.1 Å². The molecular weight excluding hydrogens is 563 g/mol. The summed E-state index contributed by atoms with van der Waals surface area (Å²) < 4.78 is 20.9. The van der Waals surface area contributed by atoms with Gasteiger partial charge in [0.25, 0.3) is 11.5 Å². The summed E-state index contributed by atoms with van der Waals surface area (Å²) in [7, 11) is 0. The van der Waals surface area contributed by atoms with Crippen LogP contribution in [-0.2, 0) is 4.79 Å². The van der Waals surface area contributed by atoms with Crippen LogP contribution in [0.15, 0.2) is 75.0 Å². The van der Waals surface area contributed by atoms with Crippen molar-refractivity contribution in [2.24, 2.45) is 5.10 Å². The van der Waals surface area contributed by atoms with Gasteiger partial charge in [-0.15, -0.1) is 0 Å². The van der Waals surface area contributed by atoms with E-state index in [9.17, 15) is 14.0 Å². The Morgan fingerprint density at radius 2 is 2.05 bits per heavy atom. The Morgan fingerprint density at radius 3 is 2.78 bits per heavy atom. The summed E-state index contributed by atoms with van der Waals surface area (Å²) in [4.78, 5) is 30.1. The number of aromatic nitrogens is 2. The van der Waals surface area contributed by atoms with Crippen LogP contribution < -0.4 is 15.6 Å². The fraction of sp³-hybridized carbons (Fsp3) is 0.185. The summed E-state index contributed by atoms with van der Waals surface area (Å²) in [6, 6.07) is 15.9. The first-order valence-corrected chi connectivity index (χ1v) is 12.7. The molecule has 1 heterocycles. The highest BCUT2D eigenvalue weighted by molar-refractivity contribution is 9.10. The first kappa shape index (κ1) is 26.5. The lowest BCUT2D eigenvalue weighted by atomic mass is 10.1. The van der Waals surface area contributed by atoms with E-state index in [0.29, 0.717) is 33.7 Å². The molecule has 4 aromatic rings. The van der Waals surface area contributed by atoms with Crippen molar-refractivity contribution in [1.29, 1.82) is 0 Å². The van der Waals surface area contributed by atoms with Gasteiger partial charge < -0.3 is 10.1 Å². The largest absolute Gasteiger partial charge is 0.482 e. The van der Waals surface area contributed by atoms with E-state index in [-0.39, 0.29) is 23.1 Å². The number of nitrogens with one attached hydrogen (secondary N) is 1. The highest BCUT2D eigenvalue weighted by atomic mass is 79.9. The van der Waals surface area contributed by atoms with Gasteiger partial charge in [-0.1, -0.05) is 47.4 Å². The van der Waals surface area contributed by atoms with Gasteiger partial charge in [-0.05, 0) is 66.6 Å². The number of rotatable bonds is 8. The van der Waals surface area contributed by atoms with Crippen molar-refractivity contribution in [3.8, 4) is 5.75 Å². The number of carbonyl (C=O) groups is 1. The zero-order valence-electron chi connectivity index (χ0n) is 20.0. The first-order valence-electron chi connectivity index (χ1n) is 11.5. The van der Waals surface area contributed by atoms with Crippen LogP contribution in [0.25, 0.3) is 10.9 Å². The fourth-order valence-electron chi connectivity index (χ4n) is 3.52. The molecule has 0 aliphatic heterocycles. The summed E-state index contributed by atoms with van der Waals surface area (Å²) in [5.74, 6) is -0.0443. The highest BCUT2D eigenvalue weighted by Gasteiger charge is 2.16. The predicted octanol–water partition coefficient (Wildman–Crippen LogP) is 6.36. The van der Waals surface area contributed by atoms with E-state index in [1.807, 2.05) is 19.9 Å². The number of benzene rings is 3. The number of hydrogen-bond acceptors (Lipinski definition) is 5. The molecule has 1 aromatic heterocycles. The molecule has 0 saturated heterocycles. The van der Waals surface area contributed by atoms with Gasteiger partial charge in [0.1, 0.15) is 17.4 Å². The monoisotopic (exact) mass is 584 g/mol. The molecule has 3 aromatic carbocycles. The number of halogens is 3. The van der Waals surface area contributed by atoms with E-state index in [1.54, 1.807) is 36.4 Å². The smallest absolute Gasteiger partial charge is 0.282 e. The first-order chi connectivity index (χ1) is 17.7. The van der Waals surface area contributed by atoms with Gasteiger partial charge in [0.2, 0.25) is 0 Å². The molecule has 0 aliphatic rings. The molecule has 1 amide bonds. The predicted molar refractivity (Wildman–Crippen MR) is 147 cm³/mol. The zero-order valence-corrected chi connectivity index (χ0v) is 22.4. The zero-order chi connectivity index (χ0) is 26.5. The molecule has 0 saturated carbocycles. The average Bonchev–Trinajstić information content (AvgIpc) is 2.87. The topological polar surface area (TPSA) is 85.6 Å². The van der Waals surface area contributed by atoms with Crippen molar-refractivity contribution in [1.82, 2.24) is 9.66 Å². The van der Waals surface area contributed by atoms with Crippen LogP contribution in [0.2, 0.25) is 5.02 Å². The second-order valence-corrected chi connectivity index (χ2v) is 9.66. The van der Waals surface area contributed by atoms with Crippen LogP contribution in [0.3, 0.4) is 0 Å². The van der Waals surface area contributed by atoms with Crippen molar-refractivity contribution in [2.75, 3.05) is 11.9 Å². The Balaban J connectivity index is 1.53. The van der Waals surface area contributed by atoms with Gasteiger partial charge in [-0.25, -0.2) is 9.37 Å². The Hall–Kier alpha value is -3.56. The lowest BCUT2D eigenvalue weighted by Gasteiger charge is -2.14. The maximum atomic E-state index is 13.3. The van der Waals surface area contributed by atoms with Gasteiger partial charge in [-0.3, -0.25) is 9.59 Å². The molecule has 0 radical (unpaired) electrons. The molecule has 0 aliphatic carbocycles. The molecule has 190 valence electrons. The summed E-state index contributed by atoms with van der Waals surface area (Å²) >= 11 is 9.76. The maximum Gasteiger partial charge on any atom is 0.282 e. The van der Waals surface area contributed by atoms with E-state index in [2.05, 4.69) is 26.3 Å². The molecule has 37 heavy (non-hydrogen) atoms. The highest BCUT2D eigenvalue weighted by Crippen LogP contribution is 2.25. The molecule has 0 unspecified atom stereocenters. The van der Waals surface area contributed by atoms with Crippen molar-refractivity contribution in [3.63, 3.8) is 0 Å². The molecule has 10 heteroatoms. The number of nitrogens with zero attached hydrogens (tertiary/aromatic N) is 3. The third kappa shape index (κ3) is 6.42. The minimum absolute atomic E-state index is 0.00999. The molecule has 1 atom stereocenters. The molecule has 4 rings (SSSR count). The minimum atomic E-state index is -0.459. The van der Waals surface area contributed by atoms with Crippen LogP contribution >= 0.6 is 27.5 Å². The number of amides is 1. The summed E-state index contributed by atoms with van der Waals surface area (Å²) in [5, 5.41) is 7.70. The second kappa shape index (κ2) is 11.7. The standard InChI is InChI=1S/C27H23BrClFN4O3/c1-3-16(2)26-33-23-9-8-18(28)12-21(23)27(36)34(26)31-14-17-7-10-24(22(29)11-17)37-15-25(35)32-20-6-4-5-19(30)13-20/h4-14,16H,3,15H2,1-2H3,(H,32,35)/t16-/m0/s1.